The highest BCUT2D eigenvalue weighted by Gasteiger charge is 2.28. The van der Waals surface area contributed by atoms with Crippen molar-refractivity contribution >= 4 is 6.09 Å². The van der Waals surface area contributed by atoms with Crippen molar-refractivity contribution in [1.82, 2.24) is 19.7 Å². The van der Waals surface area contributed by atoms with Crippen LogP contribution in [0.25, 0.3) is 11.4 Å². The molecule has 0 atom stereocenters. The van der Waals surface area contributed by atoms with E-state index in [-0.39, 0.29) is 12.9 Å². The van der Waals surface area contributed by atoms with E-state index in [1.807, 2.05) is 43.5 Å². The molecule has 2 aromatic rings. The van der Waals surface area contributed by atoms with E-state index in [0.29, 0.717) is 25.4 Å². The molecule has 25 heavy (non-hydrogen) atoms. The van der Waals surface area contributed by atoms with Gasteiger partial charge in [-0.25, -0.2) is 4.79 Å². The lowest BCUT2D eigenvalue weighted by molar-refractivity contribution is 0.0196. The molecule has 0 spiro atoms. The molecule has 2 aliphatic rings. The van der Waals surface area contributed by atoms with Crippen LogP contribution in [-0.4, -0.2) is 44.7 Å². The molecule has 0 fully saturated rings. The average molecular weight is 344 g/mol. The third-order valence-electron chi connectivity index (χ3n) is 4.04. The third kappa shape index (κ3) is 2.99. The normalized spacial score (nSPS) is 15.9. The zero-order valence-electron chi connectivity index (χ0n) is 14.5. The highest BCUT2D eigenvalue weighted by atomic mass is 16.7. The van der Waals surface area contributed by atoms with Gasteiger partial charge in [-0.05, 0) is 39.0 Å². The summed E-state index contributed by atoms with van der Waals surface area (Å²) in [4.78, 5) is 13.9. The number of carbonyl (C=O) groups excluding carboxylic acids is 1. The second-order valence-electron chi connectivity index (χ2n) is 7.06. The maximum absolute atomic E-state index is 12.2. The summed E-state index contributed by atoms with van der Waals surface area (Å²) in [6, 6.07) is 5.71. The van der Waals surface area contributed by atoms with E-state index < -0.39 is 5.60 Å². The largest absolute Gasteiger partial charge is 0.454 e. The van der Waals surface area contributed by atoms with E-state index in [1.165, 1.54) is 0 Å². The van der Waals surface area contributed by atoms with E-state index in [1.54, 1.807) is 4.90 Å². The molecule has 8 nitrogen and oxygen atoms in total. The van der Waals surface area contributed by atoms with Crippen LogP contribution >= 0.6 is 0 Å². The number of carbonyl (C=O) groups is 1. The van der Waals surface area contributed by atoms with Crippen LogP contribution in [0.15, 0.2) is 18.2 Å². The van der Waals surface area contributed by atoms with Crippen LogP contribution in [0.5, 0.6) is 11.5 Å². The number of nitrogens with zero attached hydrogens (tertiary/aromatic N) is 4. The minimum atomic E-state index is -0.514. The van der Waals surface area contributed by atoms with Crippen molar-refractivity contribution < 1.29 is 19.0 Å². The first kappa shape index (κ1) is 15.7. The number of hydrogen-bond donors (Lipinski definition) is 0. The maximum atomic E-state index is 12.2. The van der Waals surface area contributed by atoms with Crippen molar-refractivity contribution in [2.24, 2.45) is 0 Å². The number of hydrogen-bond acceptors (Lipinski definition) is 6. The Balaban J connectivity index is 1.56. The second kappa shape index (κ2) is 5.65. The Labute approximate surface area is 145 Å². The van der Waals surface area contributed by atoms with E-state index in [2.05, 4.69) is 10.2 Å². The van der Waals surface area contributed by atoms with Crippen LogP contribution in [0.2, 0.25) is 0 Å². The van der Waals surface area contributed by atoms with Crippen LogP contribution in [-0.2, 0) is 17.8 Å². The second-order valence-corrected chi connectivity index (χ2v) is 7.06. The summed E-state index contributed by atoms with van der Waals surface area (Å²) < 4.78 is 18.2. The average Bonchev–Trinajstić information content (AvgIpc) is 3.18. The Hall–Kier alpha value is -2.77. The van der Waals surface area contributed by atoms with Crippen LogP contribution in [0, 0.1) is 0 Å². The first-order valence-corrected chi connectivity index (χ1v) is 8.21. The Morgan fingerprint density at radius 1 is 1.16 bits per heavy atom. The fraction of sp³-hybridized carbons (Fsp3) is 0.471. The van der Waals surface area contributed by atoms with Gasteiger partial charge in [0.25, 0.3) is 0 Å². The Morgan fingerprint density at radius 3 is 2.76 bits per heavy atom. The molecule has 1 amide bonds. The number of ether oxygens (including phenoxy) is 3. The lowest BCUT2D eigenvalue weighted by atomic mass is 10.2. The number of benzene rings is 1. The Morgan fingerprint density at radius 2 is 1.96 bits per heavy atom. The number of aromatic nitrogens is 3. The van der Waals surface area contributed by atoms with Crippen LogP contribution < -0.4 is 9.47 Å². The van der Waals surface area contributed by atoms with Crippen molar-refractivity contribution in [2.75, 3.05) is 13.3 Å². The molecule has 132 valence electrons. The van der Waals surface area contributed by atoms with Gasteiger partial charge in [0.1, 0.15) is 5.60 Å². The number of rotatable bonds is 1. The van der Waals surface area contributed by atoms with Crippen molar-refractivity contribution in [2.45, 2.75) is 39.5 Å². The Bertz CT molecular complexity index is 825. The predicted molar refractivity (Wildman–Crippen MR) is 88.2 cm³/mol. The fourth-order valence-electron chi connectivity index (χ4n) is 2.89. The van der Waals surface area contributed by atoms with E-state index in [0.717, 1.165) is 23.0 Å². The third-order valence-corrected chi connectivity index (χ3v) is 4.04. The molecule has 0 saturated carbocycles. The summed E-state index contributed by atoms with van der Waals surface area (Å²) >= 11 is 0. The van der Waals surface area contributed by atoms with Gasteiger partial charge in [0.2, 0.25) is 6.79 Å². The topological polar surface area (TPSA) is 78.7 Å². The summed E-state index contributed by atoms with van der Waals surface area (Å²) in [5.74, 6) is 2.95. The van der Waals surface area contributed by atoms with Crippen molar-refractivity contribution in [3.8, 4) is 22.9 Å². The van der Waals surface area contributed by atoms with E-state index >= 15 is 0 Å². The number of fused-ring (bicyclic) bond motifs is 2. The smallest absolute Gasteiger partial charge is 0.410 e. The molecule has 8 heteroatoms. The zero-order chi connectivity index (χ0) is 17.6. The van der Waals surface area contributed by atoms with Gasteiger partial charge in [0.15, 0.2) is 23.1 Å². The highest BCUT2D eigenvalue weighted by molar-refractivity contribution is 5.68. The minimum Gasteiger partial charge on any atom is -0.454 e. The SMILES string of the molecule is CC(C)(C)OC(=O)N1CCn2c(nnc2-c2ccc3c(c2)OCO3)C1. The van der Waals surface area contributed by atoms with Gasteiger partial charge in [-0.15, -0.1) is 10.2 Å². The molecule has 1 aromatic carbocycles. The van der Waals surface area contributed by atoms with Crippen molar-refractivity contribution in [3.05, 3.63) is 24.0 Å². The monoisotopic (exact) mass is 344 g/mol. The molecule has 0 aliphatic carbocycles. The first-order valence-electron chi connectivity index (χ1n) is 8.21. The summed E-state index contributed by atoms with van der Waals surface area (Å²) in [6.07, 6.45) is -0.327. The lowest BCUT2D eigenvalue weighted by Gasteiger charge is -2.30. The molecule has 0 unspecified atom stereocenters. The van der Waals surface area contributed by atoms with Crippen LogP contribution in [0.1, 0.15) is 26.6 Å². The minimum absolute atomic E-state index is 0.238. The molecule has 0 saturated heterocycles. The predicted octanol–water partition coefficient (Wildman–Crippen LogP) is 2.42. The summed E-state index contributed by atoms with van der Waals surface area (Å²) in [6.45, 7) is 7.36. The quantitative estimate of drug-likeness (QED) is 0.790. The van der Waals surface area contributed by atoms with Gasteiger partial charge >= 0.3 is 6.09 Å². The standard InChI is InChI=1S/C17H20N4O4/c1-17(2,3)25-16(22)20-6-7-21-14(9-20)18-19-15(21)11-4-5-12-13(8-11)24-10-23-12/h4-5,8H,6-7,9-10H2,1-3H3. The van der Waals surface area contributed by atoms with Gasteiger partial charge in [-0.2, -0.15) is 0 Å². The molecular weight excluding hydrogens is 324 g/mol. The molecule has 4 rings (SSSR count). The van der Waals surface area contributed by atoms with Gasteiger partial charge < -0.3 is 18.8 Å². The van der Waals surface area contributed by atoms with E-state index in [4.69, 9.17) is 14.2 Å². The molecule has 2 aliphatic heterocycles. The summed E-state index contributed by atoms with van der Waals surface area (Å²) in [5, 5.41) is 8.55. The van der Waals surface area contributed by atoms with Crippen LogP contribution in [0.4, 0.5) is 4.79 Å². The van der Waals surface area contributed by atoms with Crippen LogP contribution in [0.3, 0.4) is 0 Å². The molecule has 0 bridgehead atoms. The fourth-order valence-corrected chi connectivity index (χ4v) is 2.89. The Kier molecular flexibility index (Phi) is 3.55. The maximum Gasteiger partial charge on any atom is 0.410 e. The molecule has 3 heterocycles. The first-order chi connectivity index (χ1) is 11.9. The molecule has 0 N–H and O–H groups in total. The van der Waals surface area contributed by atoms with Gasteiger partial charge in [0, 0.05) is 18.7 Å². The summed E-state index contributed by atoms with van der Waals surface area (Å²) in [7, 11) is 0. The number of amides is 1. The molecule has 0 radical (unpaired) electrons. The molecular formula is C17H20N4O4. The van der Waals surface area contributed by atoms with Gasteiger partial charge in [-0.1, -0.05) is 0 Å². The van der Waals surface area contributed by atoms with Crippen molar-refractivity contribution in [3.63, 3.8) is 0 Å². The van der Waals surface area contributed by atoms with E-state index in [9.17, 15) is 4.79 Å². The van der Waals surface area contributed by atoms with Gasteiger partial charge in [-0.3, -0.25) is 4.90 Å². The lowest BCUT2D eigenvalue weighted by Crippen LogP contribution is -2.41. The molecule has 1 aromatic heterocycles. The van der Waals surface area contributed by atoms with Gasteiger partial charge in [0.05, 0.1) is 6.54 Å². The van der Waals surface area contributed by atoms with Crippen molar-refractivity contribution in [1.29, 1.82) is 0 Å². The highest BCUT2D eigenvalue weighted by Crippen LogP contribution is 2.35. The summed E-state index contributed by atoms with van der Waals surface area (Å²) in [5.41, 5.74) is 0.397. The zero-order valence-corrected chi connectivity index (χ0v) is 14.5.